The van der Waals surface area contributed by atoms with E-state index in [4.69, 9.17) is 20.4 Å². The molecular weight excluding hydrogens is 368 g/mol. The van der Waals surface area contributed by atoms with Crippen molar-refractivity contribution < 1.29 is 9.53 Å². The fourth-order valence-electron chi connectivity index (χ4n) is 3.87. The van der Waals surface area contributed by atoms with E-state index < -0.39 is 0 Å². The van der Waals surface area contributed by atoms with Crippen molar-refractivity contribution in [2.45, 2.75) is 18.4 Å². The van der Waals surface area contributed by atoms with Gasteiger partial charge in [0.05, 0.1) is 29.8 Å². The number of benzene rings is 1. The minimum absolute atomic E-state index is 0.0117. The summed E-state index contributed by atoms with van der Waals surface area (Å²) < 4.78 is 5.66. The molecule has 0 radical (unpaired) electrons. The number of carbonyl (C=O) groups is 1. The van der Waals surface area contributed by atoms with Crippen LogP contribution >= 0.6 is 0 Å². The minimum Gasteiger partial charge on any atom is -0.383 e. The predicted molar refractivity (Wildman–Crippen MR) is 111 cm³/mol. The van der Waals surface area contributed by atoms with Crippen molar-refractivity contribution in [3.05, 3.63) is 42.0 Å². The summed E-state index contributed by atoms with van der Waals surface area (Å²) in [5.41, 5.74) is 8.96. The average molecular weight is 390 g/mol. The van der Waals surface area contributed by atoms with Crippen LogP contribution in [0.4, 0.5) is 11.8 Å². The zero-order valence-electron chi connectivity index (χ0n) is 16.2. The first kappa shape index (κ1) is 17.8. The molecule has 3 aromatic rings. The lowest BCUT2D eigenvalue weighted by Crippen LogP contribution is -2.48. The first-order chi connectivity index (χ1) is 14.1. The van der Waals surface area contributed by atoms with Crippen molar-refractivity contribution in [3.8, 4) is 11.3 Å². The molecule has 1 aromatic carbocycles. The molecule has 2 aliphatic rings. The van der Waals surface area contributed by atoms with Crippen molar-refractivity contribution in [1.82, 2.24) is 20.3 Å². The van der Waals surface area contributed by atoms with E-state index in [1.165, 1.54) is 0 Å². The van der Waals surface area contributed by atoms with Crippen molar-refractivity contribution in [2.24, 2.45) is 0 Å². The number of fused-ring (bicyclic) bond motifs is 1. The second kappa shape index (κ2) is 6.66. The van der Waals surface area contributed by atoms with Gasteiger partial charge in [0.15, 0.2) is 5.65 Å². The number of nitrogens with two attached hydrogens (primary N) is 1. The van der Waals surface area contributed by atoms with E-state index in [2.05, 4.69) is 15.2 Å². The van der Waals surface area contributed by atoms with Crippen molar-refractivity contribution in [1.29, 1.82) is 0 Å². The van der Waals surface area contributed by atoms with Gasteiger partial charge in [-0.3, -0.25) is 4.79 Å². The van der Waals surface area contributed by atoms with E-state index in [1.807, 2.05) is 30.3 Å². The molecule has 0 atom stereocenters. The lowest BCUT2D eigenvalue weighted by atomic mass is 10.1. The minimum atomic E-state index is -0.136. The van der Waals surface area contributed by atoms with Crippen molar-refractivity contribution >= 4 is 28.7 Å². The molecular formula is C21H22N6O2. The highest BCUT2D eigenvalue weighted by atomic mass is 16.5. The fourth-order valence-corrected chi connectivity index (χ4v) is 3.87. The highest BCUT2D eigenvalue weighted by molar-refractivity contribution is 5.95. The molecule has 148 valence electrons. The number of aromatic nitrogens is 3. The van der Waals surface area contributed by atoms with Crippen molar-refractivity contribution in [2.75, 3.05) is 37.4 Å². The van der Waals surface area contributed by atoms with Crippen LogP contribution in [0.3, 0.4) is 0 Å². The fraction of sp³-hybridized carbons (Fsp3) is 0.333. The molecule has 3 heterocycles. The predicted octanol–water partition coefficient (Wildman–Crippen LogP) is 2.00. The summed E-state index contributed by atoms with van der Waals surface area (Å²) in [6.07, 6.45) is 2.15. The van der Waals surface area contributed by atoms with Gasteiger partial charge < -0.3 is 20.7 Å². The number of hydrogen-bond donors (Lipinski definition) is 2. The van der Waals surface area contributed by atoms with E-state index in [0.29, 0.717) is 36.2 Å². The smallest absolute Gasteiger partial charge is 0.251 e. The molecule has 1 saturated heterocycles. The van der Waals surface area contributed by atoms with E-state index >= 15 is 0 Å². The average Bonchev–Trinajstić information content (AvgIpc) is 3.52. The Morgan fingerprint density at radius 2 is 2.07 bits per heavy atom. The van der Waals surface area contributed by atoms with Gasteiger partial charge in [0.25, 0.3) is 5.91 Å². The Labute approximate surface area is 168 Å². The van der Waals surface area contributed by atoms with Gasteiger partial charge in [-0.15, -0.1) is 0 Å². The molecule has 1 spiro atoms. The molecule has 5 rings (SSSR count). The Hall–Kier alpha value is -3.26. The molecule has 1 aliphatic carbocycles. The third-order valence-electron chi connectivity index (χ3n) is 5.70. The van der Waals surface area contributed by atoms with Crippen LogP contribution < -0.4 is 16.0 Å². The maximum atomic E-state index is 12.0. The largest absolute Gasteiger partial charge is 0.383 e. The summed E-state index contributed by atoms with van der Waals surface area (Å²) >= 11 is 0. The van der Waals surface area contributed by atoms with Gasteiger partial charge in [0, 0.05) is 24.7 Å². The summed E-state index contributed by atoms with van der Waals surface area (Å²) in [4.78, 5) is 28.2. The van der Waals surface area contributed by atoms with Gasteiger partial charge in [0.1, 0.15) is 5.82 Å². The van der Waals surface area contributed by atoms with Crippen LogP contribution in [0.1, 0.15) is 23.2 Å². The normalized spacial score (nSPS) is 17.5. The molecule has 8 nitrogen and oxygen atoms in total. The topological polar surface area (TPSA) is 106 Å². The Morgan fingerprint density at radius 3 is 2.86 bits per heavy atom. The molecule has 1 saturated carbocycles. The lowest BCUT2D eigenvalue weighted by molar-refractivity contribution is 0.0855. The Bertz CT molecular complexity index is 1110. The Balaban J connectivity index is 1.57. The second-order valence-electron chi connectivity index (χ2n) is 7.57. The molecule has 2 fully saturated rings. The molecule has 1 aliphatic heterocycles. The van der Waals surface area contributed by atoms with Gasteiger partial charge in [-0.25, -0.2) is 4.98 Å². The summed E-state index contributed by atoms with van der Waals surface area (Å²) in [6.45, 7) is 2.11. The number of hydrogen-bond acceptors (Lipinski definition) is 7. The first-order valence-corrected chi connectivity index (χ1v) is 9.72. The molecule has 3 N–H and O–H groups in total. The summed E-state index contributed by atoms with van der Waals surface area (Å²) in [5, 5.41) is 3.36. The third-order valence-corrected chi connectivity index (χ3v) is 5.70. The van der Waals surface area contributed by atoms with Crippen LogP contribution in [0, 0.1) is 0 Å². The van der Waals surface area contributed by atoms with Crippen molar-refractivity contribution in [3.63, 3.8) is 0 Å². The van der Waals surface area contributed by atoms with Gasteiger partial charge in [-0.2, -0.15) is 9.97 Å². The van der Waals surface area contributed by atoms with Crippen LogP contribution in [0.5, 0.6) is 0 Å². The molecule has 8 heteroatoms. The van der Waals surface area contributed by atoms with E-state index in [1.54, 1.807) is 13.1 Å². The number of rotatable bonds is 3. The van der Waals surface area contributed by atoms with Gasteiger partial charge in [-0.1, -0.05) is 12.1 Å². The Kier molecular flexibility index (Phi) is 4.09. The molecule has 0 bridgehead atoms. The number of pyridine rings is 1. The van der Waals surface area contributed by atoms with E-state index in [9.17, 15) is 4.79 Å². The summed E-state index contributed by atoms with van der Waals surface area (Å²) in [6, 6.07) is 11.1. The number of nitrogens with zero attached hydrogens (tertiary/aromatic N) is 4. The molecule has 1 amide bonds. The number of carbonyl (C=O) groups excluding carboxylic acids is 1. The van der Waals surface area contributed by atoms with E-state index in [-0.39, 0.29) is 11.4 Å². The van der Waals surface area contributed by atoms with Crippen LogP contribution in [-0.2, 0) is 4.74 Å². The number of nitrogen functional groups attached to an aromatic ring is 1. The summed E-state index contributed by atoms with van der Waals surface area (Å²) in [5.74, 6) is 0.897. The van der Waals surface area contributed by atoms with Crippen LogP contribution in [0.15, 0.2) is 36.4 Å². The number of ether oxygens (including phenoxy) is 1. The Morgan fingerprint density at radius 1 is 1.21 bits per heavy atom. The standard InChI is InChI=1S/C21H22N6O2/c1-23-19(28)14-4-2-3-13(11-14)16-6-5-15-17(22)25-20(26-18(15)24-16)27-9-10-29-12-21(27)7-8-21/h2-6,11H,7-10,12H2,1H3,(H,23,28)(H2,22,24,25,26). The maximum Gasteiger partial charge on any atom is 0.251 e. The quantitative estimate of drug-likeness (QED) is 0.704. The van der Waals surface area contributed by atoms with Gasteiger partial charge >= 0.3 is 0 Å². The number of anilines is 2. The lowest BCUT2D eigenvalue weighted by Gasteiger charge is -2.36. The zero-order valence-corrected chi connectivity index (χ0v) is 16.2. The monoisotopic (exact) mass is 390 g/mol. The second-order valence-corrected chi connectivity index (χ2v) is 7.57. The molecule has 29 heavy (non-hydrogen) atoms. The van der Waals surface area contributed by atoms with Gasteiger partial charge in [0.2, 0.25) is 5.95 Å². The van der Waals surface area contributed by atoms with Crippen LogP contribution in [-0.4, -0.2) is 53.2 Å². The SMILES string of the molecule is CNC(=O)c1cccc(-c2ccc3c(N)nc(N4CCOCC45CC5)nc3n2)c1. The molecule has 2 aromatic heterocycles. The highest BCUT2D eigenvalue weighted by Crippen LogP contribution is 2.45. The summed E-state index contributed by atoms with van der Waals surface area (Å²) in [7, 11) is 1.61. The van der Waals surface area contributed by atoms with E-state index in [0.717, 1.165) is 36.0 Å². The number of nitrogens with one attached hydrogen (secondary N) is 1. The number of morpholine rings is 1. The maximum absolute atomic E-state index is 12.0. The third kappa shape index (κ3) is 3.05. The van der Waals surface area contributed by atoms with Gasteiger partial charge in [-0.05, 0) is 37.1 Å². The number of amides is 1. The van der Waals surface area contributed by atoms with Crippen LogP contribution in [0.2, 0.25) is 0 Å². The first-order valence-electron chi connectivity index (χ1n) is 9.72. The molecule has 0 unspecified atom stereocenters. The van der Waals surface area contributed by atoms with Crippen LogP contribution in [0.25, 0.3) is 22.3 Å². The zero-order chi connectivity index (χ0) is 20.0. The highest BCUT2D eigenvalue weighted by Gasteiger charge is 2.51.